The molecule has 2 aromatic carbocycles. The van der Waals surface area contributed by atoms with E-state index in [1.807, 2.05) is 18.2 Å². The van der Waals surface area contributed by atoms with Crippen LogP contribution in [0.1, 0.15) is 26.7 Å². The van der Waals surface area contributed by atoms with E-state index in [1.54, 1.807) is 22.7 Å². The van der Waals surface area contributed by atoms with Gasteiger partial charge in [0.05, 0.1) is 15.1 Å². The summed E-state index contributed by atoms with van der Waals surface area (Å²) in [6.45, 7) is 7.35. The molecule has 0 radical (unpaired) electrons. The van der Waals surface area contributed by atoms with Crippen LogP contribution in [0.25, 0.3) is 10.2 Å². The fourth-order valence-electron chi connectivity index (χ4n) is 3.30. The summed E-state index contributed by atoms with van der Waals surface area (Å²) < 4.78 is 0.717. The van der Waals surface area contributed by atoms with Crippen molar-refractivity contribution in [2.75, 3.05) is 36.8 Å². The van der Waals surface area contributed by atoms with Gasteiger partial charge in [0.25, 0.3) is 5.69 Å². The molecule has 0 aliphatic carbocycles. The quantitative estimate of drug-likeness (QED) is 0.151. The Bertz CT molecular complexity index is 1040. The van der Waals surface area contributed by atoms with Gasteiger partial charge in [-0.25, -0.2) is 4.98 Å². The molecule has 3 rings (SSSR count). The second kappa shape index (κ2) is 11.9. The number of hydrogen-bond donors (Lipinski definition) is 0. The lowest BCUT2D eigenvalue weighted by Gasteiger charge is -2.24. The summed E-state index contributed by atoms with van der Waals surface area (Å²) >= 11 is 3.08. The zero-order valence-corrected chi connectivity index (χ0v) is 20.0. The van der Waals surface area contributed by atoms with Crippen molar-refractivity contribution in [2.45, 2.75) is 31.6 Å². The third-order valence-corrected chi connectivity index (χ3v) is 7.32. The minimum Gasteiger partial charge on any atom is -0.302 e. The summed E-state index contributed by atoms with van der Waals surface area (Å²) in [5.41, 5.74) is 0.711. The maximum Gasteiger partial charge on any atom is 0.270 e. The summed E-state index contributed by atoms with van der Waals surface area (Å²) in [6, 6.07) is 14.8. The normalized spacial score (nSPS) is 11.2. The lowest BCUT2D eigenvalue weighted by Crippen LogP contribution is -2.38. The van der Waals surface area contributed by atoms with Gasteiger partial charge in [0, 0.05) is 36.5 Å². The zero-order valence-electron chi connectivity index (χ0n) is 18.4. The molecule has 0 atom stereocenters. The number of carbonyl (C=O) groups excluding carboxylic acids is 1. The van der Waals surface area contributed by atoms with E-state index in [2.05, 4.69) is 35.9 Å². The average molecular weight is 473 g/mol. The van der Waals surface area contributed by atoms with Gasteiger partial charge in [-0.3, -0.25) is 19.8 Å². The maximum atomic E-state index is 13.2. The lowest BCUT2D eigenvalue weighted by molar-refractivity contribution is -0.384. The first kappa shape index (κ1) is 24.2. The second-order valence-corrected chi connectivity index (χ2v) is 9.42. The van der Waals surface area contributed by atoms with E-state index in [0.717, 1.165) is 36.5 Å². The molecular formula is C23H28N4O3S2. The van der Waals surface area contributed by atoms with Gasteiger partial charge in [0.1, 0.15) is 0 Å². The van der Waals surface area contributed by atoms with Gasteiger partial charge in [-0.1, -0.05) is 43.4 Å². The molecule has 7 nitrogen and oxygen atoms in total. The van der Waals surface area contributed by atoms with Crippen LogP contribution in [-0.4, -0.2) is 52.6 Å². The van der Waals surface area contributed by atoms with E-state index in [4.69, 9.17) is 0 Å². The number of non-ortho nitro benzene ring substituents is 1. The summed E-state index contributed by atoms with van der Waals surface area (Å²) in [5, 5.41) is 11.7. The molecule has 0 aliphatic rings. The number of hydrogen-bond acceptors (Lipinski definition) is 7. The van der Waals surface area contributed by atoms with Crippen LogP contribution in [0, 0.1) is 10.1 Å². The van der Waals surface area contributed by atoms with Gasteiger partial charge < -0.3 is 4.90 Å². The van der Waals surface area contributed by atoms with Crippen LogP contribution in [-0.2, 0) is 4.79 Å². The van der Waals surface area contributed by atoms with Gasteiger partial charge >= 0.3 is 0 Å². The van der Waals surface area contributed by atoms with Crippen LogP contribution < -0.4 is 4.90 Å². The highest BCUT2D eigenvalue weighted by atomic mass is 32.2. The molecule has 0 saturated carbocycles. The number of fused-ring (bicyclic) bond motifs is 1. The first-order chi connectivity index (χ1) is 15.5. The number of rotatable bonds is 12. The van der Waals surface area contributed by atoms with E-state index in [1.165, 1.54) is 28.4 Å². The molecule has 0 N–H and O–H groups in total. The lowest BCUT2D eigenvalue weighted by atomic mass is 10.3. The Morgan fingerprint density at radius 1 is 1.12 bits per heavy atom. The number of carbonyl (C=O) groups is 1. The Labute approximate surface area is 196 Å². The number of likely N-dealkylation sites (N-methyl/N-ethyl adjacent to an activating group) is 1. The van der Waals surface area contributed by atoms with Crippen molar-refractivity contribution in [1.82, 2.24) is 9.88 Å². The van der Waals surface area contributed by atoms with E-state index in [-0.39, 0.29) is 11.6 Å². The van der Waals surface area contributed by atoms with Crippen molar-refractivity contribution >= 4 is 50.0 Å². The first-order valence-corrected chi connectivity index (χ1v) is 12.6. The summed E-state index contributed by atoms with van der Waals surface area (Å²) in [7, 11) is 0. The largest absolute Gasteiger partial charge is 0.302 e. The molecule has 32 heavy (non-hydrogen) atoms. The van der Waals surface area contributed by atoms with Crippen LogP contribution in [0.3, 0.4) is 0 Å². The summed E-state index contributed by atoms with van der Waals surface area (Å²) in [4.78, 5) is 33.7. The van der Waals surface area contributed by atoms with E-state index < -0.39 is 4.92 Å². The van der Waals surface area contributed by atoms with Crippen LogP contribution in [0.4, 0.5) is 10.8 Å². The smallest absolute Gasteiger partial charge is 0.270 e. The fourth-order valence-corrected chi connectivity index (χ4v) is 5.22. The number of nitro benzene ring substituents is 1. The third-order valence-electron chi connectivity index (χ3n) is 5.18. The average Bonchev–Trinajstić information content (AvgIpc) is 3.23. The highest BCUT2D eigenvalue weighted by Crippen LogP contribution is 2.32. The first-order valence-electron chi connectivity index (χ1n) is 10.8. The van der Waals surface area contributed by atoms with Gasteiger partial charge in [-0.15, -0.1) is 11.8 Å². The Balaban J connectivity index is 1.71. The van der Waals surface area contributed by atoms with Gasteiger partial charge in [0.15, 0.2) is 5.13 Å². The number of amides is 1. The van der Waals surface area contributed by atoms with Crippen molar-refractivity contribution in [3.63, 3.8) is 0 Å². The SMILES string of the molecule is CCN(CC)CCN(C(=O)CCCSc1ccccc1)c1nc2ccc([N+](=O)[O-])cc2s1. The Hall–Kier alpha value is -2.49. The molecule has 0 aliphatic heterocycles. The summed E-state index contributed by atoms with van der Waals surface area (Å²) in [6.07, 6.45) is 1.21. The minimum atomic E-state index is -0.410. The molecular weight excluding hydrogens is 444 g/mol. The minimum absolute atomic E-state index is 0.0339. The molecule has 1 aromatic heterocycles. The van der Waals surface area contributed by atoms with Crippen molar-refractivity contribution in [3.8, 4) is 0 Å². The topological polar surface area (TPSA) is 79.6 Å². The number of nitrogens with zero attached hydrogens (tertiary/aromatic N) is 4. The molecule has 9 heteroatoms. The monoisotopic (exact) mass is 472 g/mol. The zero-order chi connectivity index (χ0) is 22.9. The molecule has 3 aromatic rings. The Morgan fingerprint density at radius 2 is 1.88 bits per heavy atom. The number of anilines is 1. The molecule has 0 bridgehead atoms. The number of thiazole rings is 1. The van der Waals surface area contributed by atoms with Crippen molar-refractivity contribution in [2.24, 2.45) is 0 Å². The van der Waals surface area contributed by atoms with Crippen LogP contribution in [0.5, 0.6) is 0 Å². The number of thioether (sulfide) groups is 1. The highest BCUT2D eigenvalue weighted by molar-refractivity contribution is 7.99. The van der Waals surface area contributed by atoms with Gasteiger partial charge in [0.2, 0.25) is 5.91 Å². The van der Waals surface area contributed by atoms with Crippen LogP contribution >= 0.6 is 23.1 Å². The number of benzene rings is 2. The molecule has 0 saturated heterocycles. The van der Waals surface area contributed by atoms with E-state index in [9.17, 15) is 14.9 Å². The fraction of sp³-hybridized carbons (Fsp3) is 0.391. The Morgan fingerprint density at radius 3 is 2.56 bits per heavy atom. The van der Waals surface area contributed by atoms with Gasteiger partial charge in [-0.05, 0) is 43.5 Å². The van der Waals surface area contributed by atoms with Gasteiger partial charge in [-0.2, -0.15) is 0 Å². The van der Waals surface area contributed by atoms with Crippen molar-refractivity contribution in [3.05, 3.63) is 58.6 Å². The molecule has 1 heterocycles. The molecule has 1 amide bonds. The molecule has 170 valence electrons. The third kappa shape index (κ3) is 6.51. The summed E-state index contributed by atoms with van der Waals surface area (Å²) in [5.74, 6) is 0.908. The van der Waals surface area contributed by atoms with Crippen LogP contribution in [0.15, 0.2) is 53.4 Å². The van der Waals surface area contributed by atoms with Crippen LogP contribution in [0.2, 0.25) is 0 Å². The van der Waals surface area contributed by atoms with Crippen molar-refractivity contribution < 1.29 is 9.72 Å². The predicted molar refractivity (Wildman–Crippen MR) is 133 cm³/mol. The Kier molecular flexibility index (Phi) is 9.01. The second-order valence-electron chi connectivity index (χ2n) is 7.24. The highest BCUT2D eigenvalue weighted by Gasteiger charge is 2.21. The maximum absolute atomic E-state index is 13.2. The standard InChI is InChI=1S/C23H28N4O3S2/c1-3-25(4-2)14-15-26(22(28)11-8-16-31-19-9-6-5-7-10-19)23-24-20-13-12-18(27(29)30)17-21(20)32-23/h5-7,9-10,12-13,17H,3-4,8,11,14-16H2,1-2H3. The predicted octanol–water partition coefficient (Wildman–Crippen LogP) is 5.45. The molecule has 0 fully saturated rings. The number of nitro groups is 1. The van der Waals surface area contributed by atoms with E-state index in [0.29, 0.717) is 23.6 Å². The number of aromatic nitrogens is 1. The molecule has 0 unspecified atom stereocenters. The van der Waals surface area contributed by atoms with Crippen molar-refractivity contribution in [1.29, 1.82) is 0 Å². The van der Waals surface area contributed by atoms with E-state index >= 15 is 0 Å². The molecule has 0 spiro atoms.